The van der Waals surface area contributed by atoms with Gasteiger partial charge in [-0.2, -0.15) is 0 Å². The van der Waals surface area contributed by atoms with Crippen molar-refractivity contribution in [3.05, 3.63) is 42.4 Å². The lowest BCUT2D eigenvalue weighted by atomic mass is 9.96. The predicted octanol–water partition coefficient (Wildman–Crippen LogP) is 3.40. The second-order valence-electron chi connectivity index (χ2n) is 6.50. The van der Waals surface area contributed by atoms with E-state index in [1.165, 1.54) is 13.4 Å². The fraction of sp³-hybridized carbons (Fsp3) is 0.278. The molecule has 0 spiro atoms. The zero-order valence-corrected chi connectivity index (χ0v) is 15.8. The molecule has 0 radical (unpaired) electrons. The van der Waals surface area contributed by atoms with Crippen molar-refractivity contribution in [3.8, 4) is 5.75 Å². The Bertz CT molecular complexity index is 810. The summed E-state index contributed by atoms with van der Waals surface area (Å²) >= 11 is 5.15. The Hall–Kier alpha value is -2.87. The van der Waals surface area contributed by atoms with E-state index in [-0.39, 0.29) is 22.7 Å². The molecule has 0 aliphatic carbocycles. The first-order valence-electron chi connectivity index (χ1n) is 7.86. The standard InChI is InChI=1S/C18H21N3O4S/c1-18(2,3)16(23)21-17(26)19-11-7-8-12(14(10-11)24-4)20-15(22)13-6-5-9-25-13/h5-10H,1-4H3,(H,20,22)(H2,19,21,23,26). The smallest absolute Gasteiger partial charge is 0.291 e. The predicted molar refractivity (Wildman–Crippen MR) is 103 cm³/mol. The SMILES string of the molecule is COc1cc(NC(=S)NC(=O)C(C)(C)C)ccc1NC(=O)c1ccco1. The summed E-state index contributed by atoms with van der Waals surface area (Å²) in [7, 11) is 1.49. The number of furan rings is 1. The number of thiocarbonyl (C=S) groups is 1. The van der Waals surface area contributed by atoms with Crippen molar-refractivity contribution in [2.45, 2.75) is 20.8 Å². The molecule has 0 bridgehead atoms. The molecule has 0 saturated carbocycles. The van der Waals surface area contributed by atoms with Crippen LogP contribution in [-0.4, -0.2) is 24.0 Å². The highest BCUT2D eigenvalue weighted by molar-refractivity contribution is 7.80. The lowest BCUT2D eigenvalue weighted by Gasteiger charge is -2.19. The van der Waals surface area contributed by atoms with E-state index in [0.717, 1.165) is 0 Å². The molecule has 2 rings (SSSR count). The van der Waals surface area contributed by atoms with Gasteiger partial charge < -0.3 is 25.1 Å². The lowest BCUT2D eigenvalue weighted by Crippen LogP contribution is -2.41. The van der Waals surface area contributed by atoms with Crippen LogP contribution in [0.4, 0.5) is 11.4 Å². The highest BCUT2D eigenvalue weighted by atomic mass is 32.1. The van der Waals surface area contributed by atoms with Crippen molar-refractivity contribution in [1.29, 1.82) is 0 Å². The summed E-state index contributed by atoms with van der Waals surface area (Å²) in [6.45, 7) is 5.39. The Morgan fingerprint density at radius 1 is 1.15 bits per heavy atom. The quantitative estimate of drug-likeness (QED) is 0.710. The number of anilines is 2. The fourth-order valence-corrected chi connectivity index (χ4v) is 2.13. The molecule has 0 aliphatic heterocycles. The molecule has 2 amide bonds. The Labute approximate surface area is 157 Å². The molecule has 138 valence electrons. The van der Waals surface area contributed by atoms with E-state index in [1.54, 1.807) is 51.1 Å². The van der Waals surface area contributed by atoms with Gasteiger partial charge >= 0.3 is 0 Å². The number of carbonyl (C=O) groups excluding carboxylic acids is 2. The van der Waals surface area contributed by atoms with Crippen LogP contribution in [0.25, 0.3) is 0 Å². The third kappa shape index (κ3) is 5.06. The number of carbonyl (C=O) groups is 2. The monoisotopic (exact) mass is 375 g/mol. The number of hydrogen-bond donors (Lipinski definition) is 3. The van der Waals surface area contributed by atoms with Gasteiger partial charge in [0.1, 0.15) is 5.75 Å². The summed E-state index contributed by atoms with van der Waals surface area (Å²) in [6.07, 6.45) is 1.42. The molecule has 1 aromatic carbocycles. The molecule has 1 heterocycles. The zero-order valence-electron chi connectivity index (χ0n) is 15.0. The summed E-state index contributed by atoms with van der Waals surface area (Å²) in [5, 5.41) is 8.43. The molecule has 26 heavy (non-hydrogen) atoms. The number of rotatable bonds is 4. The fourth-order valence-electron chi connectivity index (χ4n) is 1.92. The third-order valence-electron chi connectivity index (χ3n) is 3.36. The van der Waals surface area contributed by atoms with E-state index >= 15 is 0 Å². The Balaban J connectivity index is 2.07. The van der Waals surface area contributed by atoms with E-state index in [2.05, 4.69) is 16.0 Å². The van der Waals surface area contributed by atoms with Crippen molar-refractivity contribution >= 4 is 40.5 Å². The van der Waals surface area contributed by atoms with Crippen LogP contribution in [0.2, 0.25) is 0 Å². The topological polar surface area (TPSA) is 92.6 Å². The van der Waals surface area contributed by atoms with Crippen LogP contribution in [0.15, 0.2) is 41.0 Å². The first kappa shape index (κ1) is 19.5. The van der Waals surface area contributed by atoms with E-state index in [1.807, 2.05) is 0 Å². The van der Waals surface area contributed by atoms with Crippen LogP contribution < -0.4 is 20.7 Å². The highest BCUT2D eigenvalue weighted by Crippen LogP contribution is 2.28. The van der Waals surface area contributed by atoms with Crippen LogP contribution in [-0.2, 0) is 4.79 Å². The minimum absolute atomic E-state index is 0.180. The molecular formula is C18H21N3O4S. The van der Waals surface area contributed by atoms with Crippen LogP contribution in [0.5, 0.6) is 5.75 Å². The maximum atomic E-state index is 12.1. The maximum absolute atomic E-state index is 12.1. The summed E-state index contributed by atoms with van der Waals surface area (Å²) in [6, 6.07) is 8.22. The Morgan fingerprint density at radius 3 is 2.46 bits per heavy atom. The summed E-state index contributed by atoms with van der Waals surface area (Å²) in [4.78, 5) is 24.0. The number of hydrogen-bond acceptors (Lipinski definition) is 5. The Kier molecular flexibility index (Phi) is 5.99. The number of nitrogens with one attached hydrogen (secondary N) is 3. The maximum Gasteiger partial charge on any atom is 0.291 e. The average Bonchev–Trinajstić information content (AvgIpc) is 3.09. The number of benzene rings is 1. The molecule has 0 unspecified atom stereocenters. The van der Waals surface area contributed by atoms with E-state index in [0.29, 0.717) is 17.1 Å². The summed E-state index contributed by atoms with van der Waals surface area (Å²) < 4.78 is 10.4. The van der Waals surface area contributed by atoms with Crippen LogP contribution in [0.1, 0.15) is 31.3 Å². The van der Waals surface area contributed by atoms with Gasteiger partial charge in [-0.1, -0.05) is 20.8 Å². The van der Waals surface area contributed by atoms with Crippen molar-refractivity contribution < 1.29 is 18.7 Å². The molecule has 0 fully saturated rings. The van der Waals surface area contributed by atoms with Crippen LogP contribution in [0, 0.1) is 5.41 Å². The van der Waals surface area contributed by atoms with Gasteiger partial charge in [0.15, 0.2) is 10.9 Å². The average molecular weight is 375 g/mol. The minimum Gasteiger partial charge on any atom is -0.494 e. The lowest BCUT2D eigenvalue weighted by molar-refractivity contribution is -0.126. The third-order valence-corrected chi connectivity index (χ3v) is 3.56. The van der Waals surface area contributed by atoms with Gasteiger partial charge in [-0.15, -0.1) is 0 Å². The molecule has 0 atom stereocenters. The van der Waals surface area contributed by atoms with Gasteiger partial charge in [0.25, 0.3) is 5.91 Å². The largest absolute Gasteiger partial charge is 0.494 e. The first-order chi connectivity index (χ1) is 12.2. The molecule has 0 aliphatic rings. The van der Waals surface area contributed by atoms with Crippen molar-refractivity contribution in [2.75, 3.05) is 17.7 Å². The van der Waals surface area contributed by atoms with Crippen molar-refractivity contribution in [2.24, 2.45) is 5.41 Å². The minimum atomic E-state index is -0.552. The first-order valence-corrected chi connectivity index (χ1v) is 8.27. The molecule has 7 nitrogen and oxygen atoms in total. The van der Waals surface area contributed by atoms with E-state index in [4.69, 9.17) is 21.4 Å². The summed E-state index contributed by atoms with van der Waals surface area (Å²) in [5.74, 6) is 0.0476. The number of amides is 2. The molecule has 2 aromatic rings. The van der Waals surface area contributed by atoms with Crippen molar-refractivity contribution in [3.63, 3.8) is 0 Å². The molecule has 1 aromatic heterocycles. The molecule has 8 heteroatoms. The summed E-state index contributed by atoms with van der Waals surface area (Å²) in [5.41, 5.74) is 0.532. The molecule has 3 N–H and O–H groups in total. The zero-order chi connectivity index (χ0) is 19.3. The van der Waals surface area contributed by atoms with Gasteiger partial charge in [-0.05, 0) is 36.5 Å². The van der Waals surface area contributed by atoms with Gasteiger partial charge in [0.05, 0.1) is 19.1 Å². The van der Waals surface area contributed by atoms with Crippen molar-refractivity contribution in [1.82, 2.24) is 5.32 Å². The second-order valence-corrected chi connectivity index (χ2v) is 6.91. The van der Waals surface area contributed by atoms with Gasteiger partial charge in [0.2, 0.25) is 5.91 Å². The van der Waals surface area contributed by atoms with Gasteiger partial charge in [-0.3, -0.25) is 9.59 Å². The van der Waals surface area contributed by atoms with E-state index in [9.17, 15) is 9.59 Å². The number of ether oxygens (including phenoxy) is 1. The highest BCUT2D eigenvalue weighted by Gasteiger charge is 2.22. The second kappa shape index (κ2) is 8.01. The van der Waals surface area contributed by atoms with Gasteiger partial charge in [0, 0.05) is 17.2 Å². The van der Waals surface area contributed by atoms with Crippen LogP contribution >= 0.6 is 12.2 Å². The molecule has 0 saturated heterocycles. The normalized spacial score (nSPS) is 10.8. The van der Waals surface area contributed by atoms with E-state index < -0.39 is 5.41 Å². The molecular weight excluding hydrogens is 354 g/mol. The van der Waals surface area contributed by atoms with Gasteiger partial charge in [-0.25, -0.2) is 0 Å². The number of methoxy groups -OCH3 is 1. The van der Waals surface area contributed by atoms with Crippen LogP contribution in [0.3, 0.4) is 0 Å². The Morgan fingerprint density at radius 2 is 1.88 bits per heavy atom.